The third kappa shape index (κ3) is 2.56. The van der Waals surface area contributed by atoms with E-state index in [0.29, 0.717) is 11.1 Å². The van der Waals surface area contributed by atoms with E-state index >= 15 is 0 Å². The molecule has 0 bridgehead atoms. The number of aliphatic hydroxyl groups excluding tert-OH is 1. The number of aliphatic hydroxyl groups is 1. The van der Waals surface area contributed by atoms with Crippen molar-refractivity contribution in [2.75, 3.05) is 0 Å². The number of carbonyl (C=O) groups is 1. The maximum Gasteiger partial charge on any atom is 0.152 e. The molecule has 2 nitrogen and oxygen atoms in total. The van der Waals surface area contributed by atoms with E-state index in [2.05, 4.69) is 15.9 Å². The van der Waals surface area contributed by atoms with Crippen LogP contribution in [0.5, 0.6) is 0 Å². The maximum atomic E-state index is 11.1. The molecule has 0 radical (unpaired) electrons. The van der Waals surface area contributed by atoms with Gasteiger partial charge in [-0.2, -0.15) is 0 Å². The van der Waals surface area contributed by atoms with Crippen molar-refractivity contribution in [1.29, 1.82) is 0 Å². The standard InChI is InChI=1S/C10H10BrClO2/c1-6(14)10(12)9-4-8(11)3-2-7(9)5-13/h2-4,10,13H,5H2,1H3. The largest absolute Gasteiger partial charge is 0.392 e. The predicted molar refractivity (Wildman–Crippen MR) is 59.3 cm³/mol. The normalized spacial score (nSPS) is 12.6. The lowest BCUT2D eigenvalue weighted by atomic mass is 10.0. The Morgan fingerprint density at radius 1 is 1.64 bits per heavy atom. The van der Waals surface area contributed by atoms with Crippen LogP contribution in [0.2, 0.25) is 0 Å². The Kier molecular flexibility index (Phi) is 4.11. The number of Topliss-reactive ketones (excluding diaryl/α,β-unsaturated/α-hetero) is 1. The zero-order valence-corrected chi connectivity index (χ0v) is 9.97. The van der Waals surface area contributed by atoms with Crippen LogP contribution in [0.15, 0.2) is 22.7 Å². The molecule has 0 aliphatic carbocycles. The van der Waals surface area contributed by atoms with Gasteiger partial charge in [0, 0.05) is 4.47 Å². The third-order valence-corrected chi connectivity index (χ3v) is 2.94. The van der Waals surface area contributed by atoms with Crippen LogP contribution in [0.4, 0.5) is 0 Å². The molecular formula is C10H10BrClO2. The molecular weight excluding hydrogens is 267 g/mol. The van der Waals surface area contributed by atoms with Gasteiger partial charge in [-0.15, -0.1) is 11.6 Å². The van der Waals surface area contributed by atoms with Gasteiger partial charge >= 0.3 is 0 Å². The van der Waals surface area contributed by atoms with E-state index in [4.69, 9.17) is 16.7 Å². The summed E-state index contributed by atoms with van der Waals surface area (Å²) in [6.07, 6.45) is 0. The van der Waals surface area contributed by atoms with Crippen molar-refractivity contribution in [2.24, 2.45) is 0 Å². The van der Waals surface area contributed by atoms with Crippen LogP contribution in [0, 0.1) is 0 Å². The zero-order chi connectivity index (χ0) is 10.7. The second-order valence-corrected chi connectivity index (χ2v) is 4.33. The zero-order valence-electron chi connectivity index (χ0n) is 7.63. The van der Waals surface area contributed by atoms with Gasteiger partial charge in [-0.3, -0.25) is 4.79 Å². The van der Waals surface area contributed by atoms with Crippen molar-refractivity contribution in [3.8, 4) is 0 Å². The minimum absolute atomic E-state index is 0.112. The van der Waals surface area contributed by atoms with Crippen molar-refractivity contribution in [3.63, 3.8) is 0 Å². The number of ketones is 1. The highest BCUT2D eigenvalue weighted by molar-refractivity contribution is 9.10. The van der Waals surface area contributed by atoms with Gasteiger partial charge in [0.05, 0.1) is 6.61 Å². The molecule has 1 N–H and O–H groups in total. The van der Waals surface area contributed by atoms with Gasteiger partial charge < -0.3 is 5.11 Å². The Bertz CT molecular complexity index is 352. The summed E-state index contributed by atoms with van der Waals surface area (Å²) in [5.74, 6) is -0.125. The Hall–Kier alpha value is -0.380. The first-order chi connectivity index (χ1) is 6.56. The number of carbonyl (C=O) groups excluding carboxylic acids is 1. The number of rotatable bonds is 3. The number of halogens is 2. The van der Waals surface area contributed by atoms with E-state index in [0.717, 1.165) is 4.47 Å². The highest BCUT2D eigenvalue weighted by Gasteiger charge is 2.16. The first-order valence-electron chi connectivity index (χ1n) is 4.10. The van der Waals surface area contributed by atoms with Crippen LogP contribution >= 0.6 is 27.5 Å². The molecule has 1 aromatic carbocycles. The number of alkyl halides is 1. The summed E-state index contributed by atoms with van der Waals surface area (Å²) >= 11 is 9.21. The minimum atomic E-state index is -0.686. The molecule has 0 heterocycles. The Morgan fingerprint density at radius 2 is 2.29 bits per heavy atom. The molecule has 1 aromatic rings. The molecule has 1 atom stereocenters. The van der Waals surface area contributed by atoms with Crippen LogP contribution in [0.3, 0.4) is 0 Å². The van der Waals surface area contributed by atoms with Gasteiger partial charge in [0.2, 0.25) is 0 Å². The van der Waals surface area contributed by atoms with Crippen molar-refractivity contribution in [3.05, 3.63) is 33.8 Å². The van der Waals surface area contributed by atoms with Crippen LogP contribution in [0.1, 0.15) is 23.4 Å². The van der Waals surface area contributed by atoms with Gasteiger partial charge in [0.25, 0.3) is 0 Å². The van der Waals surface area contributed by atoms with Crippen molar-refractivity contribution in [1.82, 2.24) is 0 Å². The molecule has 0 fully saturated rings. The summed E-state index contributed by atoms with van der Waals surface area (Å²) < 4.78 is 0.844. The first kappa shape index (κ1) is 11.7. The number of hydrogen-bond donors (Lipinski definition) is 1. The molecule has 0 spiro atoms. The second-order valence-electron chi connectivity index (χ2n) is 2.97. The second kappa shape index (κ2) is 4.91. The van der Waals surface area contributed by atoms with Crippen LogP contribution in [-0.4, -0.2) is 10.9 Å². The summed E-state index contributed by atoms with van der Waals surface area (Å²) in [7, 11) is 0. The molecule has 0 aromatic heterocycles. The lowest BCUT2D eigenvalue weighted by Crippen LogP contribution is -2.05. The topological polar surface area (TPSA) is 37.3 Å². The van der Waals surface area contributed by atoms with Crippen molar-refractivity contribution >= 4 is 33.3 Å². The Morgan fingerprint density at radius 3 is 2.79 bits per heavy atom. The maximum absolute atomic E-state index is 11.1. The molecule has 0 amide bonds. The van der Waals surface area contributed by atoms with Crippen LogP contribution in [0.25, 0.3) is 0 Å². The molecule has 1 unspecified atom stereocenters. The Labute approximate surface area is 96.0 Å². The van der Waals surface area contributed by atoms with E-state index in [-0.39, 0.29) is 12.4 Å². The molecule has 1 rings (SSSR count). The monoisotopic (exact) mass is 276 g/mol. The molecule has 0 aliphatic heterocycles. The summed E-state index contributed by atoms with van der Waals surface area (Å²) in [4.78, 5) is 11.1. The van der Waals surface area contributed by atoms with Crippen LogP contribution in [-0.2, 0) is 11.4 Å². The summed E-state index contributed by atoms with van der Waals surface area (Å²) in [5.41, 5.74) is 1.35. The molecule has 76 valence electrons. The van der Waals surface area contributed by atoms with Gasteiger partial charge in [-0.05, 0) is 30.2 Å². The van der Waals surface area contributed by atoms with Gasteiger partial charge in [0.15, 0.2) is 5.78 Å². The summed E-state index contributed by atoms with van der Waals surface area (Å²) in [6, 6.07) is 5.31. The van der Waals surface area contributed by atoms with E-state index in [1.807, 2.05) is 0 Å². The van der Waals surface area contributed by atoms with E-state index in [9.17, 15) is 4.79 Å². The molecule has 0 aliphatic rings. The fourth-order valence-electron chi connectivity index (χ4n) is 1.16. The summed E-state index contributed by atoms with van der Waals surface area (Å²) in [6.45, 7) is 1.32. The quantitative estimate of drug-likeness (QED) is 0.863. The molecule has 0 saturated carbocycles. The van der Waals surface area contributed by atoms with Gasteiger partial charge in [-0.1, -0.05) is 22.0 Å². The fourth-order valence-corrected chi connectivity index (χ4v) is 1.75. The van der Waals surface area contributed by atoms with Gasteiger partial charge in [-0.25, -0.2) is 0 Å². The van der Waals surface area contributed by atoms with E-state index in [1.54, 1.807) is 18.2 Å². The van der Waals surface area contributed by atoms with Gasteiger partial charge in [0.1, 0.15) is 5.38 Å². The smallest absolute Gasteiger partial charge is 0.152 e. The average Bonchev–Trinajstić information content (AvgIpc) is 2.16. The highest BCUT2D eigenvalue weighted by Crippen LogP contribution is 2.28. The first-order valence-corrected chi connectivity index (χ1v) is 5.33. The molecule has 14 heavy (non-hydrogen) atoms. The average molecular weight is 278 g/mol. The van der Waals surface area contributed by atoms with E-state index in [1.165, 1.54) is 6.92 Å². The van der Waals surface area contributed by atoms with Crippen LogP contribution < -0.4 is 0 Å². The lowest BCUT2D eigenvalue weighted by Gasteiger charge is -2.11. The number of benzene rings is 1. The van der Waals surface area contributed by atoms with E-state index < -0.39 is 5.38 Å². The molecule has 0 saturated heterocycles. The highest BCUT2D eigenvalue weighted by atomic mass is 79.9. The predicted octanol–water partition coefficient (Wildman–Crippen LogP) is 2.81. The SMILES string of the molecule is CC(=O)C(Cl)c1cc(Br)ccc1CO. The number of hydrogen-bond acceptors (Lipinski definition) is 2. The third-order valence-electron chi connectivity index (χ3n) is 1.91. The fraction of sp³-hybridized carbons (Fsp3) is 0.300. The molecule has 4 heteroatoms. The minimum Gasteiger partial charge on any atom is -0.392 e. The van der Waals surface area contributed by atoms with Crippen molar-refractivity contribution in [2.45, 2.75) is 18.9 Å². The summed E-state index contributed by atoms with van der Waals surface area (Å²) in [5, 5.41) is 8.37. The Balaban J connectivity index is 3.16. The lowest BCUT2D eigenvalue weighted by molar-refractivity contribution is -0.116. The van der Waals surface area contributed by atoms with Crippen molar-refractivity contribution < 1.29 is 9.90 Å².